The average molecular weight is 178 g/mol. The lowest BCUT2D eigenvalue weighted by molar-refractivity contribution is 0.262. The van der Waals surface area contributed by atoms with E-state index in [2.05, 4.69) is 0 Å². The highest BCUT2D eigenvalue weighted by atomic mass is 19.2. The Morgan fingerprint density at radius 3 is 2.25 bits per heavy atom. The van der Waals surface area contributed by atoms with Crippen molar-refractivity contribution >= 4 is 0 Å². The van der Waals surface area contributed by atoms with Gasteiger partial charge in [0.15, 0.2) is 23.2 Å². The fraction of sp³-hybridized carbons (Fsp3) is 0.143. The Balaban J connectivity index is 3.42. The molecule has 1 rings (SSSR count). The fourth-order valence-electron chi connectivity index (χ4n) is 0.781. The van der Waals surface area contributed by atoms with Crippen LogP contribution in [0.4, 0.5) is 13.2 Å². The number of rotatable bonds is 1. The highest BCUT2D eigenvalue weighted by molar-refractivity contribution is 5.31. The summed E-state index contributed by atoms with van der Waals surface area (Å²) in [6.07, 6.45) is 0. The molecule has 0 saturated heterocycles. The first kappa shape index (κ1) is 8.86. The molecule has 0 spiro atoms. The Bertz CT molecular complexity index is 286. The SMILES string of the molecule is OCc1c(F)c(O)cc(F)c1F. The molecule has 0 radical (unpaired) electrons. The number of phenolic OH excluding ortho intramolecular Hbond substituents is 1. The summed E-state index contributed by atoms with van der Waals surface area (Å²) in [5, 5.41) is 17.0. The van der Waals surface area contributed by atoms with E-state index < -0.39 is 35.4 Å². The van der Waals surface area contributed by atoms with Gasteiger partial charge in [-0.05, 0) is 0 Å². The second-order valence-electron chi connectivity index (χ2n) is 2.14. The van der Waals surface area contributed by atoms with E-state index in [9.17, 15) is 13.2 Å². The molecule has 1 aromatic rings. The number of phenols is 1. The number of hydrogen-bond donors (Lipinski definition) is 2. The molecule has 0 heterocycles. The third-order valence-corrected chi connectivity index (χ3v) is 1.39. The van der Waals surface area contributed by atoms with Gasteiger partial charge in [0.2, 0.25) is 0 Å². The van der Waals surface area contributed by atoms with Gasteiger partial charge in [-0.2, -0.15) is 0 Å². The Hall–Kier alpha value is -1.23. The van der Waals surface area contributed by atoms with Gasteiger partial charge >= 0.3 is 0 Å². The molecule has 66 valence electrons. The summed E-state index contributed by atoms with van der Waals surface area (Å²) >= 11 is 0. The van der Waals surface area contributed by atoms with Gasteiger partial charge in [0.05, 0.1) is 12.2 Å². The smallest absolute Gasteiger partial charge is 0.173 e. The molecule has 0 aliphatic rings. The number of aromatic hydroxyl groups is 1. The van der Waals surface area contributed by atoms with Crippen LogP contribution in [0.25, 0.3) is 0 Å². The first-order valence-corrected chi connectivity index (χ1v) is 3.04. The molecule has 0 bridgehead atoms. The van der Waals surface area contributed by atoms with Crippen LogP contribution in [0.15, 0.2) is 6.07 Å². The molecule has 0 unspecified atom stereocenters. The standard InChI is InChI=1S/C7H5F3O2/c8-4-1-5(12)7(10)3(2-11)6(4)9/h1,11-12H,2H2. The molecule has 0 amide bonds. The summed E-state index contributed by atoms with van der Waals surface area (Å²) in [7, 11) is 0. The molecule has 1 aromatic carbocycles. The van der Waals surface area contributed by atoms with Gasteiger partial charge in [-0.3, -0.25) is 0 Å². The largest absolute Gasteiger partial charge is 0.505 e. The number of aliphatic hydroxyl groups excluding tert-OH is 1. The molecule has 0 aliphatic heterocycles. The molecule has 0 fully saturated rings. The van der Waals surface area contributed by atoms with Crippen molar-refractivity contribution in [2.45, 2.75) is 6.61 Å². The van der Waals surface area contributed by atoms with E-state index in [1.54, 1.807) is 0 Å². The van der Waals surface area contributed by atoms with Crippen LogP contribution >= 0.6 is 0 Å². The summed E-state index contributed by atoms with van der Waals surface area (Å²) < 4.78 is 37.6. The van der Waals surface area contributed by atoms with Crippen molar-refractivity contribution in [3.05, 3.63) is 29.1 Å². The van der Waals surface area contributed by atoms with E-state index in [-0.39, 0.29) is 0 Å². The minimum Gasteiger partial charge on any atom is -0.505 e. The highest BCUT2D eigenvalue weighted by Gasteiger charge is 2.17. The lowest BCUT2D eigenvalue weighted by Crippen LogP contribution is -1.98. The van der Waals surface area contributed by atoms with Crippen LogP contribution < -0.4 is 0 Å². The Labute approximate surface area is 65.9 Å². The van der Waals surface area contributed by atoms with Crippen molar-refractivity contribution in [1.82, 2.24) is 0 Å². The molecule has 0 atom stereocenters. The first-order valence-electron chi connectivity index (χ1n) is 3.04. The Kier molecular flexibility index (Phi) is 2.23. The number of benzene rings is 1. The van der Waals surface area contributed by atoms with Crippen molar-refractivity contribution in [3.63, 3.8) is 0 Å². The summed E-state index contributed by atoms with van der Waals surface area (Å²) in [5.41, 5.74) is -0.868. The summed E-state index contributed by atoms with van der Waals surface area (Å²) in [4.78, 5) is 0. The van der Waals surface area contributed by atoms with E-state index in [4.69, 9.17) is 10.2 Å². The van der Waals surface area contributed by atoms with Gasteiger partial charge in [-0.25, -0.2) is 13.2 Å². The zero-order valence-electron chi connectivity index (χ0n) is 5.81. The maximum absolute atomic E-state index is 12.6. The van der Waals surface area contributed by atoms with E-state index in [1.807, 2.05) is 0 Å². The zero-order valence-corrected chi connectivity index (χ0v) is 5.81. The molecular formula is C7H5F3O2. The van der Waals surface area contributed by atoms with Crippen LogP contribution in [0.2, 0.25) is 0 Å². The van der Waals surface area contributed by atoms with Crippen molar-refractivity contribution in [2.75, 3.05) is 0 Å². The Morgan fingerprint density at radius 1 is 1.17 bits per heavy atom. The van der Waals surface area contributed by atoms with Crippen LogP contribution in [0.3, 0.4) is 0 Å². The average Bonchev–Trinajstić information content (AvgIpc) is 2.02. The monoisotopic (exact) mass is 178 g/mol. The van der Waals surface area contributed by atoms with E-state index in [0.29, 0.717) is 6.07 Å². The topological polar surface area (TPSA) is 40.5 Å². The number of halogens is 3. The number of hydrogen-bond acceptors (Lipinski definition) is 2. The van der Waals surface area contributed by atoms with Gasteiger partial charge < -0.3 is 10.2 Å². The van der Waals surface area contributed by atoms with E-state index >= 15 is 0 Å². The Morgan fingerprint density at radius 2 is 1.75 bits per heavy atom. The van der Waals surface area contributed by atoms with E-state index in [0.717, 1.165) is 0 Å². The third kappa shape index (κ3) is 1.23. The first-order chi connectivity index (χ1) is 5.57. The van der Waals surface area contributed by atoms with Crippen LogP contribution in [0.5, 0.6) is 5.75 Å². The van der Waals surface area contributed by atoms with Crippen LogP contribution in [0, 0.1) is 17.5 Å². The van der Waals surface area contributed by atoms with Crippen molar-refractivity contribution in [2.24, 2.45) is 0 Å². The zero-order chi connectivity index (χ0) is 9.30. The second kappa shape index (κ2) is 3.02. The highest BCUT2D eigenvalue weighted by Crippen LogP contribution is 2.24. The summed E-state index contributed by atoms with van der Waals surface area (Å²) in [5.74, 6) is -5.22. The van der Waals surface area contributed by atoms with Gasteiger partial charge in [-0.1, -0.05) is 0 Å². The number of aliphatic hydroxyl groups is 1. The molecule has 0 aromatic heterocycles. The third-order valence-electron chi connectivity index (χ3n) is 1.39. The predicted octanol–water partition coefficient (Wildman–Crippen LogP) is 1.30. The second-order valence-corrected chi connectivity index (χ2v) is 2.14. The van der Waals surface area contributed by atoms with Crippen LogP contribution in [-0.4, -0.2) is 10.2 Å². The van der Waals surface area contributed by atoms with Gasteiger partial charge in [0, 0.05) is 6.07 Å². The van der Waals surface area contributed by atoms with Crippen LogP contribution in [-0.2, 0) is 6.61 Å². The van der Waals surface area contributed by atoms with Gasteiger partial charge in [0.1, 0.15) is 0 Å². The maximum Gasteiger partial charge on any atom is 0.173 e. The summed E-state index contributed by atoms with van der Waals surface area (Å²) in [6, 6.07) is 0.309. The molecule has 2 nitrogen and oxygen atoms in total. The van der Waals surface area contributed by atoms with Gasteiger partial charge in [0.25, 0.3) is 0 Å². The van der Waals surface area contributed by atoms with E-state index in [1.165, 1.54) is 0 Å². The molecular weight excluding hydrogens is 173 g/mol. The normalized spacial score (nSPS) is 10.3. The molecule has 0 saturated carbocycles. The maximum atomic E-state index is 12.6. The predicted molar refractivity (Wildman–Crippen MR) is 33.9 cm³/mol. The fourth-order valence-corrected chi connectivity index (χ4v) is 0.781. The van der Waals surface area contributed by atoms with Gasteiger partial charge in [-0.15, -0.1) is 0 Å². The lowest BCUT2D eigenvalue weighted by atomic mass is 10.2. The van der Waals surface area contributed by atoms with Crippen LogP contribution in [0.1, 0.15) is 5.56 Å². The summed E-state index contributed by atoms with van der Waals surface area (Å²) in [6.45, 7) is -0.997. The lowest BCUT2D eigenvalue weighted by Gasteiger charge is -2.03. The van der Waals surface area contributed by atoms with Crippen molar-refractivity contribution in [1.29, 1.82) is 0 Å². The molecule has 12 heavy (non-hydrogen) atoms. The van der Waals surface area contributed by atoms with Crippen molar-refractivity contribution < 1.29 is 23.4 Å². The van der Waals surface area contributed by atoms with Crippen molar-refractivity contribution in [3.8, 4) is 5.75 Å². The minimum atomic E-state index is -1.48. The quantitative estimate of drug-likeness (QED) is 0.636. The minimum absolute atomic E-state index is 0.309. The molecule has 5 heteroatoms. The molecule has 0 aliphatic carbocycles. The molecule has 2 N–H and O–H groups in total.